The van der Waals surface area contributed by atoms with Crippen molar-refractivity contribution in [2.75, 3.05) is 25.0 Å². The van der Waals surface area contributed by atoms with Crippen molar-refractivity contribution in [1.82, 2.24) is 9.47 Å². The van der Waals surface area contributed by atoms with Crippen LogP contribution in [0.2, 0.25) is 0 Å². The van der Waals surface area contributed by atoms with E-state index in [2.05, 4.69) is 16.0 Å². The van der Waals surface area contributed by atoms with Gasteiger partial charge in [0.2, 0.25) is 0 Å². The number of rotatable bonds is 5. The van der Waals surface area contributed by atoms with Crippen molar-refractivity contribution in [3.05, 3.63) is 53.9 Å². The average Bonchev–Trinajstić information content (AvgIpc) is 3.04. The maximum atomic E-state index is 12.7. The van der Waals surface area contributed by atoms with Gasteiger partial charge in [-0.3, -0.25) is 4.79 Å². The third-order valence-corrected chi connectivity index (χ3v) is 4.79. The highest BCUT2D eigenvalue weighted by atomic mass is 16.3. The van der Waals surface area contributed by atoms with E-state index in [1.807, 2.05) is 48.5 Å². The Morgan fingerprint density at radius 1 is 1.25 bits per heavy atom. The van der Waals surface area contributed by atoms with Crippen molar-refractivity contribution in [3.63, 3.8) is 0 Å². The summed E-state index contributed by atoms with van der Waals surface area (Å²) in [5, 5.41) is 12.6. The average molecular weight is 327 g/mol. The predicted octanol–water partition coefficient (Wildman–Crippen LogP) is 2.48. The van der Waals surface area contributed by atoms with Gasteiger partial charge in [-0.05, 0) is 49.1 Å². The number of carbonyl (C=O) groups excluding carboxylic acids is 1. The highest BCUT2D eigenvalue weighted by Crippen LogP contribution is 2.20. The summed E-state index contributed by atoms with van der Waals surface area (Å²) in [5.41, 5.74) is 2.86. The summed E-state index contributed by atoms with van der Waals surface area (Å²) in [6.45, 7) is 2.40. The molecule has 1 aromatic carbocycles. The van der Waals surface area contributed by atoms with E-state index in [1.54, 1.807) is 0 Å². The fourth-order valence-electron chi connectivity index (χ4n) is 3.14. The second-order valence-corrected chi connectivity index (χ2v) is 6.46. The summed E-state index contributed by atoms with van der Waals surface area (Å²) >= 11 is 0. The Kier molecular flexibility index (Phi) is 5.20. The van der Waals surface area contributed by atoms with Crippen molar-refractivity contribution < 1.29 is 9.90 Å². The minimum atomic E-state index is 0.0777. The molecule has 1 saturated heterocycles. The number of hydrogen-bond acceptors (Lipinski definition) is 3. The number of aliphatic hydroxyl groups excluding tert-OH is 1. The first-order valence-corrected chi connectivity index (χ1v) is 8.51. The van der Waals surface area contributed by atoms with Crippen LogP contribution in [0.25, 0.3) is 0 Å². The van der Waals surface area contributed by atoms with Gasteiger partial charge in [0.1, 0.15) is 0 Å². The van der Waals surface area contributed by atoms with Gasteiger partial charge in [-0.1, -0.05) is 6.07 Å². The Morgan fingerprint density at radius 3 is 2.71 bits per heavy atom. The first-order chi connectivity index (χ1) is 11.7. The van der Waals surface area contributed by atoms with Gasteiger partial charge in [0.15, 0.2) is 0 Å². The fraction of sp³-hybridized carbons (Fsp3) is 0.421. The quantitative estimate of drug-likeness (QED) is 0.887. The molecule has 0 bridgehead atoms. The van der Waals surface area contributed by atoms with E-state index >= 15 is 0 Å². The van der Waals surface area contributed by atoms with Gasteiger partial charge >= 0.3 is 0 Å². The highest BCUT2D eigenvalue weighted by Gasteiger charge is 2.23. The number of piperidine rings is 1. The number of carbonyl (C=O) groups is 1. The fourth-order valence-corrected chi connectivity index (χ4v) is 3.14. The van der Waals surface area contributed by atoms with E-state index in [0.29, 0.717) is 11.5 Å². The molecular weight excluding hydrogens is 302 g/mol. The number of aromatic nitrogens is 1. The summed E-state index contributed by atoms with van der Waals surface area (Å²) in [4.78, 5) is 14.6. The Morgan fingerprint density at radius 2 is 2.04 bits per heavy atom. The van der Waals surface area contributed by atoms with Crippen LogP contribution in [0, 0.1) is 5.92 Å². The lowest BCUT2D eigenvalue weighted by Crippen LogP contribution is -2.39. The SMILES string of the molecule is Cn1cccc1CNc1cccc(C(=O)N2CCC(CO)CC2)c1. The molecule has 1 amide bonds. The van der Waals surface area contributed by atoms with Gasteiger partial charge in [-0.15, -0.1) is 0 Å². The number of nitrogens with zero attached hydrogens (tertiary/aromatic N) is 2. The lowest BCUT2D eigenvalue weighted by molar-refractivity contribution is 0.0651. The molecule has 0 radical (unpaired) electrons. The van der Waals surface area contributed by atoms with Crippen LogP contribution < -0.4 is 5.32 Å². The summed E-state index contributed by atoms with van der Waals surface area (Å²) < 4.78 is 2.08. The molecule has 1 fully saturated rings. The molecule has 2 aromatic rings. The van der Waals surface area contributed by atoms with Crippen molar-refractivity contribution in [1.29, 1.82) is 0 Å². The first kappa shape index (κ1) is 16.6. The van der Waals surface area contributed by atoms with Crippen LogP contribution in [0.15, 0.2) is 42.6 Å². The minimum Gasteiger partial charge on any atom is -0.396 e. The zero-order valence-corrected chi connectivity index (χ0v) is 14.1. The Bertz CT molecular complexity index is 687. The molecule has 1 aliphatic rings. The zero-order chi connectivity index (χ0) is 16.9. The van der Waals surface area contributed by atoms with E-state index in [4.69, 9.17) is 0 Å². The van der Waals surface area contributed by atoms with E-state index in [1.165, 1.54) is 5.69 Å². The number of aliphatic hydroxyl groups is 1. The van der Waals surface area contributed by atoms with Crippen LogP contribution in [0.4, 0.5) is 5.69 Å². The largest absolute Gasteiger partial charge is 0.396 e. The number of benzene rings is 1. The smallest absolute Gasteiger partial charge is 0.253 e. The number of likely N-dealkylation sites (tertiary alicyclic amines) is 1. The van der Waals surface area contributed by atoms with E-state index in [0.717, 1.165) is 38.2 Å². The molecule has 0 saturated carbocycles. The number of anilines is 1. The highest BCUT2D eigenvalue weighted by molar-refractivity contribution is 5.95. The predicted molar refractivity (Wildman–Crippen MR) is 94.9 cm³/mol. The van der Waals surface area contributed by atoms with Crippen molar-refractivity contribution >= 4 is 11.6 Å². The molecule has 1 aromatic heterocycles. The third-order valence-electron chi connectivity index (χ3n) is 4.79. The molecule has 2 heterocycles. The van der Waals surface area contributed by atoms with E-state index in [9.17, 15) is 9.90 Å². The van der Waals surface area contributed by atoms with Crippen LogP contribution in [0.3, 0.4) is 0 Å². The van der Waals surface area contributed by atoms with Crippen LogP contribution in [0.1, 0.15) is 28.9 Å². The van der Waals surface area contributed by atoms with Gasteiger partial charge in [-0.25, -0.2) is 0 Å². The lowest BCUT2D eigenvalue weighted by atomic mass is 9.97. The number of aryl methyl sites for hydroxylation is 1. The molecule has 0 spiro atoms. The molecule has 24 heavy (non-hydrogen) atoms. The number of hydrogen-bond donors (Lipinski definition) is 2. The Labute approximate surface area is 142 Å². The van der Waals surface area contributed by atoms with Gasteiger partial charge < -0.3 is 19.9 Å². The van der Waals surface area contributed by atoms with Crippen LogP contribution in [-0.2, 0) is 13.6 Å². The molecule has 0 unspecified atom stereocenters. The first-order valence-electron chi connectivity index (χ1n) is 8.51. The maximum Gasteiger partial charge on any atom is 0.253 e. The normalized spacial score (nSPS) is 15.5. The van der Waals surface area contributed by atoms with Gasteiger partial charge in [0, 0.05) is 49.9 Å². The second-order valence-electron chi connectivity index (χ2n) is 6.46. The second kappa shape index (κ2) is 7.53. The van der Waals surface area contributed by atoms with Crippen LogP contribution >= 0.6 is 0 Å². The van der Waals surface area contributed by atoms with Gasteiger partial charge in [0.05, 0.1) is 6.54 Å². The van der Waals surface area contributed by atoms with Crippen molar-refractivity contribution in [2.45, 2.75) is 19.4 Å². The molecule has 1 aliphatic heterocycles. The molecule has 5 heteroatoms. The monoisotopic (exact) mass is 327 g/mol. The van der Waals surface area contributed by atoms with E-state index in [-0.39, 0.29) is 12.5 Å². The molecule has 0 aliphatic carbocycles. The molecule has 5 nitrogen and oxygen atoms in total. The van der Waals surface area contributed by atoms with Crippen molar-refractivity contribution in [3.8, 4) is 0 Å². The molecule has 0 atom stereocenters. The summed E-state index contributed by atoms with van der Waals surface area (Å²) in [5.74, 6) is 0.418. The van der Waals surface area contributed by atoms with E-state index < -0.39 is 0 Å². The number of nitrogens with one attached hydrogen (secondary N) is 1. The molecule has 2 N–H and O–H groups in total. The third kappa shape index (κ3) is 3.79. The van der Waals surface area contributed by atoms with Gasteiger partial charge in [0.25, 0.3) is 5.91 Å². The topological polar surface area (TPSA) is 57.5 Å². The van der Waals surface area contributed by atoms with Crippen molar-refractivity contribution in [2.24, 2.45) is 13.0 Å². The van der Waals surface area contributed by atoms with Gasteiger partial charge in [-0.2, -0.15) is 0 Å². The Hall–Kier alpha value is -2.27. The minimum absolute atomic E-state index is 0.0777. The maximum absolute atomic E-state index is 12.7. The summed E-state index contributed by atoms with van der Waals surface area (Å²) in [6.07, 6.45) is 3.79. The zero-order valence-electron chi connectivity index (χ0n) is 14.1. The Balaban J connectivity index is 1.62. The summed E-state index contributed by atoms with van der Waals surface area (Å²) in [7, 11) is 2.02. The standard InChI is InChI=1S/C19H25N3O2/c1-21-9-3-6-18(21)13-20-17-5-2-4-16(12-17)19(24)22-10-7-15(14-23)8-11-22/h2-6,9,12,15,20,23H,7-8,10-11,13-14H2,1H3. The lowest BCUT2D eigenvalue weighted by Gasteiger charge is -2.31. The van der Waals surface area contributed by atoms with Crippen LogP contribution in [-0.4, -0.2) is 40.2 Å². The number of amides is 1. The van der Waals surface area contributed by atoms with Crippen LogP contribution in [0.5, 0.6) is 0 Å². The summed E-state index contributed by atoms with van der Waals surface area (Å²) in [6, 6.07) is 11.8. The molecular formula is C19H25N3O2. The molecule has 128 valence electrons. The molecule has 3 rings (SSSR count).